The molecule has 5 N–H and O–H groups in total. The number of nitrogens with one attached hydrogen (secondary N) is 1. The highest BCUT2D eigenvalue weighted by molar-refractivity contribution is 6.34. The van der Waals surface area contributed by atoms with Gasteiger partial charge in [-0.2, -0.15) is 13.5 Å². The second kappa shape index (κ2) is 14.4. The molecule has 1 atom stereocenters. The first kappa shape index (κ1) is 34.6. The van der Waals surface area contributed by atoms with Crippen LogP contribution in [0, 0.1) is 0 Å². The lowest BCUT2D eigenvalue weighted by molar-refractivity contribution is -0.0493. The zero-order valence-electron chi connectivity index (χ0n) is 24.7. The van der Waals surface area contributed by atoms with Crippen LogP contribution in [0.5, 0.6) is 11.5 Å². The van der Waals surface area contributed by atoms with Gasteiger partial charge in [0.25, 0.3) is 5.91 Å². The number of phenols is 1. The summed E-state index contributed by atoms with van der Waals surface area (Å²) in [6.45, 7) is 3.18. The molecule has 0 aliphatic carbocycles. The smallest absolute Gasteiger partial charge is 0.387 e. The fourth-order valence-corrected chi connectivity index (χ4v) is 4.84. The third-order valence-corrected chi connectivity index (χ3v) is 7.03. The molecule has 0 aliphatic heterocycles. The van der Waals surface area contributed by atoms with E-state index < -0.39 is 18.6 Å². The number of pyridine rings is 2. The van der Waals surface area contributed by atoms with Crippen LogP contribution in [0.2, 0.25) is 10.0 Å². The van der Waals surface area contributed by atoms with Crippen molar-refractivity contribution in [2.75, 3.05) is 6.54 Å². The molecule has 0 spiro atoms. The number of benzene rings is 2. The van der Waals surface area contributed by atoms with Crippen molar-refractivity contribution >= 4 is 51.0 Å². The van der Waals surface area contributed by atoms with E-state index in [-0.39, 0.29) is 55.6 Å². The summed E-state index contributed by atoms with van der Waals surface area (Å²) in [5, 5.41) is 41.5. The molecule has 0 radical (unpaired) electrons. The van der Waals surface area contributed by atoms with Gasteiger partial charge >= 0.3 is 6.61 Å². The van der Waals surface area contributed by atoms with Crippen LogP contribution in [0.15, 0.2) is 70.6 Å². The predicted molar refractivity (Wildman–Crippen MR) is 166 cm³/mol. The quantitative estimate of drug-likeness (QED) is 0.130. The van der Waals surface area contributed by atoms with Crippen LogP contribution in [-0.4, -0.2) is 54.8 Å². The summed E-state index contributed by atoms with van der Waals surface area (Å²) in [6.07, 6.45) is 4.44. The first-order valence-corrected chi connectivity index (χ1v) is 14.4. The number of β-amino-alcohol motifs (C(OH)–C–C–N with tert-alkyl or cyclic N) is 1. The molecule has 3 heterocycles. The first-order valence-electron chi connectivity index (χ1n) is 13.6. The number of halogens is 4. The Kier molecular flexibility index (Phi) is 10.9. The number of carbonyl (C=O) groups excluding carboxylic acids is 1. The molecule has 244 valence electrons. The Labute approximate surface area is 270 Å². The zero-order valence-corrected chi connectivity index (χ0v) is 26.2. The average Bonchev–Trinajstić information content (AvgIpc) is 3.38. The number of hydrogen-bond donors (Lipinski definition) is 5. The van der Waals surface area contributed by atoms with Gasteiger partial charge in [0.15, 0.2) is 11.3 Å². The molecule has 0 aliphatic rings. The molecular weight excluding hydrogens is 649 g/mol. The van der Waals surface area contributed by atoms with Gasteiger partial charge in [0.05, 0.1) is 40.7 Å². The molecule has 1 unspecified atom stereocenters. The van der Waals surface area contributed by atoms with Crippen molar-refractivity contribution < 1.29 is 43.3 Å². The minimum atomic E-state index is -3.08. The molecule has 15 heteroatoms. The van der Waals surface area contributed by atoms with Gasteiger partial charge in [0, 0.05) is 40.8 Å². The Bertz CT molecular complexity index is 1910. The largest absolute Gasteiger partial charge is 0.508 e. The summed E-state index contributed by atoms with van der Waals surface area (Å²) in [7, 11) is 0. The molecular formula is C31H30Cl2F2N4O7. The van der Waals surface area contributed by atoms with Crippen molar-refractivity contribution in [1.82, 2.24) is 15.0 Å². The van der Waals surface area contributed by atoms with E-state index in [4.69, 9.17) is 32.7 Å². The number of ether oxygens (including phenoxy) is 1. The SMILES string of the molecule is CC(C)(C)NCC(O)c1ccc(O)c(CO)c1.O=C(N=c1c(Cl)cn(O)cc1Cl)c1ccc(OC(F)F)c2oc3ccncc3c12. The maximum atomic E-state index is 12.9. The lowest BCUT2D eigenvalue weighted by Gasteiger charge is -2.23. The van der Waals surface area contributed by atoms with E-state index in [9.17, 15) is 29.0 Å². The molecule has 0 saturated heterocycles. The number of hydrogen-bond acceptors (Lipinski definition) is 9. The fraction of sp³-hybridized carbons (Fsp3) is 0.258. The van der Waals surface area contributed by atoms with Gasteiger partial charge < -0.3 is 35.0 Å². The van der Waals surface area contributed by atoms with E-state index >= 15 is 0 Å². The average molecular weight is 680 g/mol. The minimum absolute atomic E-state index is 0.0428. The van der Waals surface area contributed by atoms with Crippen LogP contribution in [-0.2, 0) is 6.61 Å². The third-order valence-electron chi connectivity index (χ3n) is 6.47. The molecule has 1 amide bonds. The van der Waals surface area contributed by atoms with Gasteiger partial charge in [-0.15, -0.1) is 0 Å². The number of aromatic nitrogens is 2. The number of aromatic hydroxyl groups is 1. The van der Waals surface area contributed by atoms with Crippen molar-refractivity contribution in [1.29, 1.82) is 0 Å². The van der Waals surface area contributed by atoms with Crippen LogP contribution < -0.4 is 15.4 Å². The number of aliphatic hydroxyl groups is 2. The molecule has 46 heavy (non-hydrogen) atoms. The number of alkyl halides is 2. The maximum Gasteiger partial charge on any atom is 0.387 e. The number of carbonyl (C=O) groups is 1. The van der Waals surface area contributed by atoms with E-state index in [1.165, 1.54) is 36.7 Å². The highest BCUT2D eigenvalue weighted by Crippen LogP contribution is 2.37. The predicted octanol–water partition coefficient (Wildman–Crippen LogP) is 5.98. The second-order valence-electron chi connectivity index (χ2n) is 11.0. The van der Waals surface area contributed by atoms with Gasteiger partial charge in [0.1, 0.15) is 16.7 Å². The Morgan fingerprint density at radius 2 is 1.85 bits per heavy atom. The van der Waals surface area contributed by atoms with Gasteiger partial charge in [-0.05, 0) is 56.7 Å². The summed E-state index contributed by atoms with van der Waals surface area (Å²) in [5.74, 6) is -0.947. The summed E-state index contributed by atoms with van der Waals surface area (Å²) >= 11 is 12.0. The molecule has 0 fully saturated rings. The number of nitrogens with zero attached hydrogens (tertiary/aromatic N) is 3. The maximum absolute atomic E-state index is 12.9. The molecule has 5 rings (SSSR count). The van der Waals surface area contributed by atoms with Crippen molar-refractivity contribution in [2.45, 2.75) is 45.6 Å². The van der Waals surface area contributed by atoms with Gasteiger partial charge in [0.2, 0.25) is 0 Å². The standard InChI is InChI=1S/C18H9Cl2F2N3O4.C13H21NO3/c19-10-6-25(27)7-11(20)15(10)24-17(26)8-1-2-13(29-18(21)22)16-14(8)9-5-23-4-3-12(9)28-16;1-13(2,3)14-7-12(17)9-4-5-11(16)10(6-9)8-15/h1-7,18,27H;4-6,12,14-17H,7-8H2,1-3H3. The third kappa shape index (κ3) is 8.30. The Morgan fingerprint density at radius 3 is 2.48 bits per heavy atom. The Hall–Kier alpha value is -4.27. The summed E-state index contributed by atoms with van der Waals surface area (Å²) in [5.41, 5.74) is 1.37. The number of amides is 1. The van der Waals surface area contributed by atoms with E-state index in [1.54, 1.807) is 12.1 Å². The van der Waals surface area contributed by atoms with E-state index in [2.05, 4.69) is 20.0 Å². The van der Waals surface area contributed by atoms with Crippen LogP contribution in [0.1, 0.15) is 48.4 Å². The van der Waals surface area contributed by atoms with E-state index in [0.29, 0.717) is 33.4 Å². The number of aliphatic hydroxyl groups excluding tert-OH is 2. The summed E-state index contributed by atoms with van der Waals surface area (Å²) < 4.78 is 36.2. The highest BCUT2D eigenvalue weighted by atomic mass is 35.5. The van der Waals surface area contributed by atoms with Crippen molar-refractivity contribution in [3.8, 4) is 11.5 Å². The Balaban J connectivity index is 0.000000242. The molecule has 5 aromatic rings. The molecule has 3 aromatic heterocycles. The summed E-state index contributed by atoms with van der Waals surface area (Å²) in [4.78, 5) is 20.8. The Morgan fingerprint density at radius 1 is 1.15 bits per heavy atom. The lowest BCUT2D eigenvalue weighted by atomic mass is 10.0. The molecule has 0 saturated carbocycles. The molecule has 2 aromatic carbocycles. The molecule has 11 nitrogen and oxygen atoms in total. The van der Waals surface area contributed by atoms with Crippen molar-refractivity contribution in [3.05, 3.63) is 93.3 Å². The van der Waals surface area contributed by atoms with Gasteiger partial charge in [-0.1, -0.05) is 29.3 Å². The number of furan rings is 1. The van der Waals surface area contributed by atoms with Gasteiger partial charge in [-0.3, -0.25) is 9.78 Å². The van der Waals surface area contributed by atoms with Gasteiger partial charge in [-0.25, -0.2) is 4.99 Å². The zero-order chi connectivity index (χ0) is 33.8. The fourth-order valence-electron chi connectivity index (χ4n) is 4.30. The minimum Gasteiger partial charge on any atom is -0.508 e. The van der Waals surface area contributed by atoms with Crippen LogP contribution in [0.3, 0.4) is 0 Å². The van der Waals surface area contributed by atoms with E-state index in [0.717, 1.165) is 12.4 Å². The lowest BCUT2D eigenvalue weighted by Crippen LogP contribution is -2.38. The monoisotopic (exact) mass is 678 g/mol. The van der Waals surface area contributed by atoms with Crippen LogP contribution >= 0.6 is 23.2 Å². The van der Waals surface area contributed by atoms with Crippen molar-refractivity contribution in [3.63, 3.8) is 0 Å². The number of fused-ring (bicyclic) bond motifs is 3. The second-order valence-corrected chi connectivity index (χ2v) is 11.8. The van der Waals surface area contributed by atoms with E-state index in [1.807, 2.05) is 20.8 Å². The normalized spacial score (nSPS) is 12.2. The number of rotatable bonds is 7. The van der Waals surface area contributed by atoms with Crippen LogP contribution in [0.25, 0.3) is 21.9 Å². The first-order chi connectivity index (χ1) is 21.7. The summed E-state index contributed by atoms with van der Waals surface area (Å²) in [6, 6.07) is 8.75. The topological polar surface area (TPSA) is 163 Å². The van der Waals surface area contributed by atoms with Crippen molar-refractivity contribution in [2.24, 2.45) is 4.99 Å². The molecule has 0 bridgehead atoms. The van der Waals surface area contributed by atoms with Crippen LogP contribution in [0.4, 0.5) is 8.78 Å². The highest BCUT2D eigenvalue weighted by Gasteiger charge is 2.22.